The van der Waals surface area contributed by atoms with Crippen LogP contribution in [0.2, 0.25) is 0 Å². The zero-order valence-corrected chi connectivity index (χ0v) is 9.87. The number of anilines is 1. The molecule has 6 nitrogen and oxygen atoms in total. The summed E-state index contributed by atoms with van der Waals surface area (Å²) in [5.41, 5.74) is 0. The van der Waals surface area contributed by atoms with Crippen molar-refractivity contribution in [2.24, 2.45) is 0 Å². The molecule has 0 aliphatic carbocycles. The number of nitrogens with zero attached hydrogens (tertiary/aromatic N) is 2. The zero-order valence-electron chi connectivity index (χ0n) is 9.06. The standard InChI is InChI=1S/C9H13N3O3S/c1-3-4-5(2)7-11-12-9(16-7)10-6(13)8(14)15/h5H,3-4H2,1-2H3,(H,14,15)(H,10,12,13). The number of rotatable bonds is 4. The van der Waals surface area contributed by atoms with E-state index in [1.54, 1.807) is 0 Å². The fourth-order valence-electron chi connectivity index (χ4n) is 1.19. The van der Waals surface area contributed by atoms with E-state index < -0.39 is 11.9 Å². The summed E-state index contributed by atoms with van der Waals surface area (Å²) in [5.74, 6) is -2.35. The predicted molar refractivity (Wildman–Crippen MR) is 59.5 cm³/mol. The Labute approximate surface area is 96.7 Å². The molecule has 0 saturated heterocycles. The van der Waals surface area contributed by atoms with E-state index in [0.29, 0.717) is 0 Å². The minimum atomic E-state index is -1.53. The van der Waals surface area contributed by atoms with E-state index in [-0.39, 0.29) is 11.0 Å². The lowest BCUT2D eigenvalue weighted by Gasteiger charge is -2.02. The molecule has 88 valence electrons. The molecule has 1 amide bonds. The van der Waals surface area contributed by atoms with Gasteiger partial charge in [-0.1, -0.05) is 31.6 Å². The normalized spacial score (nSPS) is 12.1. The molecule has 16 heavy (non-hydrogen) atoms. The van der Waals surface area contributed by atoms with Gasteiger partial charge >= 0.3 is 11.9 Å². The Morgan fingerprint density at radius 2 is 2.19 bits per heavy atom. The van der Waals surface area contributed by atoms with Gasteiger partial charge in [-0.3, -0.25) is 10.1 Å². The molecular weight excluding hydrogens is 230 g/mol. The number of carboxylic acids is 1. The van der Waals surface area contributed by atoms with E-state index in [4.69, 9.17) is 5.11 Å². The number of amides is 1. The van der Waals surface area contributed by atoms with Gasteiger partial charge in [-0.15, -0.1) is 10.2 Å². The Hall–Kier alpha value is -1.50. The first kappa shape index (κ1) is 12.6. The fourth-order valence-corrected chi connectivity index (χ4v) is 2.02. The third-order valence-electron chi connectivity index (χ3n) is 2.00. The van der Waals surface area contributed by atoms with Crippen LogP contribution in [0.5, 0.6) is 0 Å². The summed E-state index contributed by atoms with van der Waals surface area (Å²) in [4.78, 5) is 21.1. The van der Waals surface area contributed by atoms with Crippen molar-refractivity contribution in [3.8, 4) is 0 Å². The highest BCUT2D eigenvalue weighted by Crippen LogP contribution is 2.26. The summed E-state index contributed by atoms with van der Waals surface area (Å²) in [6.07, 6.45) is 2.03. The lowest BCUT2D eigenvalue weighted by atomic mass is 10.1. The van der Waals surface area contributed by atoms with Gasteiger partial charge in [0.05, 0.1) is 0 Å². The van der Waals surface area contributed by atoms with Crippen molar-refractivity contribution in [1.82, 2.24) is 10.2 Å². The predicted octanol–water partition coefficient (Wildman–Crippen LogP) is 1.46. The Balaban J connectivity index is 2.64. The second-order valence-corrected chi connectivity index (χ2v) is 4.40. The molecule has 0 aliphatic rings. The van der Waals surface area contributed by atoms with Gasteiger partial charge < -0.3 is 5.11 Å². The van der Waals surface area contributed by atoms with Crippen molar-refractivity contribution in [3.05, 3.63) is 5.01 Å². The van der Waals surface area contributed by atoms with Crippen LogP contribution in [0.15, 0.2) is 0 Å². The molecule has 1 atom stereocenters. The first-order valence-electron chi connectivity index (χ1n) is 4.92. The number of carbonyl (C=O) groups is 2. The van der Waals surface area contributed by atoms with Crippen molar-refractivity contribution in [3.63, 3.8) is 0 Å². The van der Waals surface area contributed by atoms with Crippen molar-refractivity contribution in [2.75, 3.05) is 5.32 Å². The zero-order chi connectivity index (χ0) is 12.1. The molecule has 2 N–H and O–H groups in total. The first-order chi connectivity index (χ1) is 7.54. The molecule has 1 unspecified atom stereocenters. The van der Waals surface area contributed by atoms with Crippen LogP contribution in [0.4, 0.5) is 5.13 Å². The molecule has 0 saturated carbocycles. The second-order valence-electron chi connectivity index (χ2n) is 3.39. The van der Waals surface area contributed by atoms with Crippen molar-refractivity contribution in [2.45, 2.75) is 32.6 Å². The highest BCUT2D eigenvalue weighted by molar-refractivity contribution is 7.15. The maximum absolute atomic E-state index is 10.8. The summed E-state index contributed by atoms with van der Waals surface area (Å²) < 4.78 is 0. The molecule has 0 spiro atoms. The SMILES string of the molecule is CCCC(C)c1nnc(NC(=O)C(=O)O)s1. The Morgan fingerprint density at radius 1 is 1.50 bits per heavy atom. The Morgan fingerprint density at radius 3 is 2.75 bits per heavy atom. The number of carbonyl (C=O) groups excluding carboxylic acids is 1. The van der Waals surface area contributed by atoms with E-state index in [2.05, 4.69) is 22.4 Å². The van der Waals surface area contributed by atoms with Crippen LogP contribution in [0, 0.1) is 0 Å². The maximum atomic E-state index is 10.8. The maximum Gasteiger partial charge on any atom is 0.394 e. The highest BCUT2D eigenvalue weighted by atomic mass is 32.1. The van der Waals surface area contributed by atoms with Gasteiger partial charge in [0, 0.05) is 5.92 Å². The van der Waals surface area contributed by atoms with Crippen LogP contribution in [0.25, 0.3) is 0 Å². The van der Waals surface area contributed by atoms with Crippen molar-refractivity contribution >= 4 is 28.3 Å². The second kappa shape index (κ2) is 5.55. The Kier molecular flexibility index (Phi) is 4.36. The number of carboxylic acid groups (broad SMARTS) is 1. The number of aromatic nitrogens is 2. The molecule has 1 aromatic heterocycles. The topological polar surface area (TPSA) is 92.2 Å². The minimum absolute atomic E-state index is 0.227. The summed E-state index contributed by atoms with van der Waals surface area (Å²) in [6.45, 7) is 4.09. The fraction of sp³-hybridized carbons (Fsp3) is 0.556. The van der Waals surface area contributed by atoms with Crippen LogP contribution in [-0.2, 0) is 9.59 Å². The number of hydrogen-bond donors (Lipinski definition) is 2. The average Bonchev–Trinajstić information content (AvgIpc) is 2.66. The third-order valence-corrected chi connectivity index (χ3v) is 3.07. The quantitative estimate of drug-likeness (QED) is 0.781. The van der Waals surface area contributed by atoms with Gasteiger partial charge in [-0.05, 0) is 6.42 Å². The lowest BCUT2D eigenvalue weighted by molar-refractivity contribution is -0.147. The summed E-state index contributed by atoms with van der Waals surface area (Å²) >= 11 is 1.21. The van der Waals surface area contributed by atoms with Crippen LogP contribution >= 0.6 is 11.3 Å². The minimum Gasteiger partial charge on any atom is -0.474 e. The Bertz CT molecular complexity index is 391. The largest absolute Gasteiger partial charge is 0.474 e. The highest BCUT2D eigenvalue weighted by Gasteiger charge is 2.16. The summed E-state index contributed by atoms with van der Waals surface area (Å²) in [5, 5.41) is 19.2. The third kappa shape index (κ3) is 3.27. The van der Waals surface area contributed by atoms with E-state index in [0.717, 1.165) is 17.8 Å². The van der Waals surface area contributed by atoms with Crippen LogP contribution in [-0.4, -0.2) is 27.2 Å². The van der Waals surface area contributed by atoms with Crippen LogP contribution < -0.4 is 5.32 Å². The average molecular weight is 243 g/mol. The van der Waals surface area contributed by atoms with Gasteiger partial charge in [-0.25, -0.2) is 4.79 Å². The molecule has 7 heteroatoms. The van der Waals surface area contributed by atoms with Crippen LogP contribution in [0.3, 0.4) is 0 Å². The van der Waals surface area contributed by atoms with E-state index in [1.165, 1.54) is 11.3 Å². The molecule has 1 aromatic rings. The van der Waals surface area contributed by atoms with E-state index in [1.807, 2.05) is 6.92 Å². The molecule has 0 bridgehead atoms. The van der Waals surface area contributed by atoms with Crippen LogP contribution in [0.1, 0.15) is 37.6 Å². The van der Waals surface area contributed by atoms with Gasteiger partial charge in [0.15, 0.2) is 0 Å². The molecule has 0 aromatic carbocycles. The van der Waals surface area contributed by atoms with Gasteiger partial charge in [0.2, 0.25) is 5.13 Å². The monoisotopic (exact) mass is 243 g/mol. The van der Waals surface area contributed by atoms with Gasteiger partial charge in [0.25, 0.3) is 0 Å². The smallest absolute Gasteiger partial charge is 0.394 e. The molecule has 0 radical (unpaired) electrons. The van der Waals surface area contributed by atoms with Gasteiger partial charge in [-0.2, -0.15) is 0 Å². The molecule has 1 rings (SSSR count). The summed E-state index contributed by atoms with van der Waals surface area (Å²) in [6, 6.07) is 0. The number of aliphatic carboxylic acids is 1. The summed E-state index contributed by atoms with van der Waals surface area (Å²) in [7, 11) is 0. The first-order valence-corrected chi connectivity index (χ1v) is 5.74. The number of nitrogens with one attached hydrogen (secondary N) is 1. The van der Waals surface area contributed by atoms with Crippen molar-refractivity contribution in [1.29, 1.82) is 0 Å². The molecular formula is C9H13N3O3S. The molecule has 0 fully saturated rings. The molecule has 1 heterocycles. The lowest BCUT2D eigenvalue weighted by Crippen LogP contribution is -2.21. The van der Waals surface area contributed by atoms with Crippen molar-refractivity contribution < 1.29 is 14.7 Å². The van der Waals surface area contributed by atoms with E-state index >= 15 is 0 Å². The molecule has 0 aliphatic heterocycles. The van der Waals surface area contributed by atoms with E-state index in [9.17, 15) is 9.59 Å². The number of hydrogen-bond acceptors (Lipinski definition) is 5. The van der Waals surface area contributed by atoms with Gasteiger partial charge in [0.1, 0.15) is 5.01 Å².